The number of rotatable bonds is 4. The van der Waals surface area contributed by atoms with E-state index in [1.165, 1.54) is 12.1 Å². The highest BCUT2D eigenvalue weighted by atomic mass is 19.4. The van der Waals surface area contributed by atoms with Gasteiger partial charge >= 0.3 is 6.18 Å². The maximum absolute atomic E-state index is 12.9. The van der Waals surface area contributed by atoms with Crippen LogP contribution in [-0.4, -0.2) is 21.3 Å². The van der Waals surface area contributed by atoms with E-state index >= 15 is 0 Å². The van der Waals surface area contributed by atoms with E-state index in [4.69, 9.17) is 5.73 Å². The van der Waals surface area contributed by atoms with E-state index in [1.54, 1.807) is 25.1 Å². The van der Waals surface area contributed by atoms with Gasteiger partial charge in [0.15, 0.2) is 5.82 Å². The normalized spacial score (nSPS) is 12.8. The van der Waals surface area contributed by atoms with Crippen molar-refractivity contribution in [1.29, 1.82) is 0 Å². The number of benzene rings is 2. The maximum Gasteiger partial charge on any atom is 0.416 e. The summed E-state index contributed by atoms with van der Waals surface area (Å²) in [6.07, 6.45) is -4.42. The van der Waals surface area contributed by atoms with Gasteiger partial charge in [-0.2, -0.15) is 13.2 Å². The van der Waals surface area contributed by atoms with E-state index in [2.05, 4.69) is 20.7 Å². The van der Waals surface area contributed by atoms with Gasteiger partial charge in [-0.3, -0.25) is 4.79 Å². The Morgan fingerprint density at radius 1 is 1.15 bits per heavy atom. The Morgan fingerprint density at radius 3 is 2.58 bits per heavy atom. The lowest BCUT2D eigenvalue weighted by Crippen LogP contribution is -2.14. The van der Waals surface area contributed by atoms with Crippen LogP contribution in [0.15, 0.2) is 42.5 Å². The molecule has 1 heterocycles. The molecule has 0 saturated carbocycles. The Balaban J connectivity index is 1.97. The maximum atomic E-state index is 12.9. The number of carbonyl (C=O) groups excluding carboxylic acids is 1. The van der Waals surface area contributed by atoms with Gasteiger partial charge in [0, 0.05) is 5.39 Å². The van der Waals surface area contributed by atoms with Crippen LogP contribution in [0.4, 0.5) is 19.0 Å². The van der Waals surface area contributed by atoms with Crippen LogP contribution in [0.2, 0.25) is 0 Å². The first-order chi connectivity index (χ1) is 12.3. The number of halogens is 3. The first kappa shape index (κ1) is 17.6. The Kier molecular flexibility index (Phi) is 4.45. The number of nitrogens with two attached hydrogens (primary N) is 1. The predicted molar refractivity (Wildman–Crippen MR) is 89.3 cm³/mol. The summed E-state index contributed by atoms with van der Waals surface area (Å²) in [6, 6.07) is 9.32. The van der Waals surface area contributed by atoms with Gasteiger partial charge in [0.1, 0.15) is 5.52 Å². The second kappa shape index (κ2) is 6.58. The second-order valence-electron chi connectivity index (χ2n) is 5.69. The highest BCUT2D eigenvalue weighted by Gasteiger charge is 2.30. The zero-order valence-electron chi connectivity index (χ0n) is 13.6. The highest BCUT2D eigenvalue weighted by Crippen LogP contribution is 2.32. The van der Waals surface area contributed by atoms with Crippen LogP contribution in [0.1, 0.15) is 34.5 Å². The molecule has 6 nitrogen and oxygen atoms in total. The van der Waals surface area contributed by atoms with Crippen LogP contribution in [0, 0.1) is 0 Å². The minimum Gasteiger partial charge on any atom is -0.366 e. The van der Waals surface area contributed by atoms with Gasteiger partial charge in [0.05, 0.1) is 17.2 Å². The highest BCUT2D eigenvalue weighted by molar-refractivity contribution is 6.06. The summed E-state index contributed by atoms with van der Waals surface area (Å²) in [5.41, 5.74) is 5.48. The van der Waals surface area contributed by atoms with Crippen LogP contribution in [0.3, 0.4) is 0 Å². The number of hydrogen-bond acceptors (Lipinski definition) is 5. The molecule has 0 radical (unpaired) electrons. The Bertz CT molecular complexity index is 974. The molecule has 134 valence electrons. The summed E-state index contributed by atoms with van der Waals surface area (Å²) in [6.45, 7) is 1.70. The van der Waals surface area contributed by atoms with Gasteiger partial charge in [-0.25, -0.2) is 0 Å². The van der Waals surface area contributed by atoms with E-state index < -0.39 is 23.7 Å². The van der Waals surface area contributed by atoms with Crippen LogP contribution < -0.4 is 11.1 Å². The molecule has 1 amide bonds. The summed E-state index contributed by atoms with van der Waals surface area (Å²) in [5.74, 6) is -0.365. The summed E-state index contributed by atoms with van der Waals surface area (Å²) in [4.78, 5) is 11.5. The number of aromatic nitrogens is 3. The van der Waals surface area contributed by atoms with Crippen molar-refractivity contribution in [2.45, 2.75) is 19.1 Å². The van der Waals surface area contributed by atoms with Crippen molar-refractivity contribution in [1.82, 2.24) is 15.4 Å². The van der Waals surface area contributed by atoms with Crippen molar-refractivity contribution in [3.63, 3.8) is 0 Å². The average molecular weight is 361 g/mol. The number of primary amides is 1. The molecule has 0 aliphatic rings. The molecule has 0 unspecified atom stereocenters. The molecule has 2 aromatic carbocycles. The summed E-state index contributed by atoms with van der Waals surface area (Å²) < 4.78 is 38.7. The fourth-order valence-electron chi connectivity index (χ4n) is 2.59. The average Bonchev–Trinajstić information content (AvgIpc) is 2.60. The van der Waals surface area contributed by atoms with Crippen molar-refractivity contribution in [2.75, 3.05) is 5.32 Å². The molecule has 0 aliphatic carbocycles. The second-order valence-corrected chi connectivity index (χ2v) is 5.69. The number of anilines is 1. The lowest BCUT2D eigenvalue weighted by Gasteiger charge is -2.17. The molecular formula is C17H14F3N5O. The van der Waals surface area contributed by atoms with Crippen LogP contribution in [0.5, 0.6) is 0 Å². The number of hydrogen-bond donors (Lipinski definition) is 2. The lowest BCUT2D eigenvalue weighted by atomic mass is 10.0. The van der Waals surface area contributed by atoms with E-state index in [0.29, 0.717) is 16.8 Å². The van der Waals surface area contributed by atoms with Gasteiger partial charge in [-0.05, 0) is 42.0 Å². The van der Waals surface area contributed by atoms with Gasteiger partial charge < -0.3 is 11.1 Å². The minimum absolute atomic E-state index is 0.187. The molecule has 9 heteroatoms. The van der Waals surface area contributed by atoms with Crippen LogP contribution >= 0.6 is 0 Å². The monoisotopic (exact) mass is 361 g/mol. The lowest BCUT2D eigenvalue weighted by molar-refractivity contribution is -0.137. The molecule has 0 spiro atoms. The molecular weight excluding hydrogens is 347 g/mol. The molecule has 3 rings (SSSR count). The third kappa shape index (κ3) is 3.41. The Morgan fingerprint density at radius 2 is 1.88 bits per heavy atom. The molecule has 0 aliphatic heterocycles. The van der Waals surface area contributed by atoms with Gasteiger partial charge in [0.25, 0.3) is 5.91 Å². The van der Waals surface area contributed by atoms with Crippen molar-refractivity contribution in [2.24, 2.45) is 5.73 Å². The molecule has 3 aromatic rings. The first-order valence-corrected chi connectivity index (χ1v) is 7.63. The fourth-order valence-corrected chi connectivity index (χ4v) is 2.59. The Labute approximate surface area is 146 Å². The standard InChI is InChI=1S/C17H14F3N5O/c1-9(10-4-2-5-11(8-10)17(18,19)20)22-16-13-7-3-6-12(15(21)26)14(13)23-25-24-16/h2-9H,1H3,(H2,21,26)(H,22,23,24)/t9-/m1/s1. The van der Waals surface area contributed by atoms with Gasteiger partial charge in [-0.15, -0.1) is 10.2 Å². The molecule has 3 N–H and O–H groups in total. The number of carbonyl (C=O) groups is 1. The fraction of sp³-hybridized carbons (Fsp3) is 0.176. The molecule has 1 atom stereocenters. The number of alkyl halides is 3. The van der Waals surface area contributed by atoms with Gasteiger partial charge in [-0.1, -0.05) is 18.2 Å². The molecule has 1 aromatic heterocycles. The van der Waals surface area contributed by atoms with E-state index in [1.807, 2.05) is 0 Å². The van der Waals surface area contributed by atoms with Crippen LogP contribution in [-0.2, 0) is 6.18 Å². The smallest absolute Gasteiger partial charge is 0.366 e. The summed E-state index contributed by atoms with van der Waals surface area (Å²) >= 11 is 0. The van der Waals surface area contributed by atoms with E-state index in [-0.39, 0.29) is 11.1 Å². The number of fused-ring (bicyclic) bond motifs is 1. The van der Waals surface area contributed by atoms with E-state index in [9.17, 15) is 18.0 Å². The van der Waals surface area contributed by atoms with Crippen molar-refractivity contribution in [3.05, 3.63) is 59.2 Å². The SMILES string of the molecule is C[C@@H](Nc1nnnc2c(C(N)=O)cccc12)c1cccc(C(F)(F)F)c1. The number of amides is 1. The van der Waals surface area contributed by atoms with Gasteiger partial charge in [0.2, 0.25) is 0 Å². The van der Waals surface area contributed by atoms with Crippen molar-refractivity contribution >= 4 is 22.6 Å². The Hall–Kier alpha value is -3.23. The summed E-state index contributed by atoms with van der Waals surface area (Å²) in [5, 5.41) is 14.9. The number of nitrogens with one attached hydrogen (secondary N) is 1. The third-order valence-corrected chi connectivity index (χ3v) is 3.91. The first-order valence-electron chi connectivity index (χ1n) is 7.63. The third-order valence-electron chi connectivity index (χ3n) is 3.91. The van der Waals surface area contributed by atoms with Crippen LogP contribution in [0.25, 0.3) is 10.9 Å². The largest absolute Gasteiger partial charge is 0.416 e. The topological polar surface area (TPSA) is 93.8 Å². The summed E-state index contributed by atoms with van der Waals surface area (Å²) in [7, 11) is 0. The van der Waals surface area contributed by atoms with Crippen molar-refractivity contribution < 1.29 is 18.0 Å². The van der Waals surface area contributed by atoms with E-state index in [0.717, 1.165) is 12.1 Å². The quantitative estimate of drug-likeness (QED) is 0.743. The minimum atomic E-state index is -4.42. The molecule has 26 heavy (non-hydrogen) atoms. The van der Waals surface area contributed by atoms with Crippen molar-refractivity contribution in [3.8, 4) is 0 Å². The molecule has 0 saturated heterocycles. The predicted octanol–water partition coefficient (Wildman–Crippen LogP) is 3.32. The number of nitrogens with zero attached hydrogens (tertiary/aromatic N) is 3. The zero-order chi connectivity index (χ0) is 18.9. The zero-order valence-corrected chi connectivity index (χ0v) is 13.6. The molecule has 0 fully saturated rings. The molecule has 0 bridgehead atoms.